The van der Waals surface area contributed by atoms with Gasteiger partial charge < -0.3 is 4.74 Å². The van der Waals surface area contributed by atoms with E-state index < -0.39 is 0 Å². The monoisotopic (exact) mass is 308 g/mol. The minimum Gasteiger partial charge on any atom is -0.489 e. The first kappa shape index (κ1) is 14.8. The van der Waals surface area contributed by atoms with Crippen molar-refractivity contribution < 1.29 is 9.53 Å². The Morgan fingerprint density at radius 3 is 2.87 bits per heavy atom. The summed E-state index contributed by atoms with van der Waals surface area (Å²) in [7, 11) is 0. The van der Waals surface area contributed by atoms with Crippen molar-refractivity contribution in [1.29, 1.82) is 0 Å². The number of ether oxygens (including phenoxy) is 1. The summed E-state index contributed by atoms with van der Waals surface area (Å²) in [6.07, 6.45) is 1.33. The Labute approximate surface area is 133 Å². The van der Waals surface area contributed by atoms with E-state index in [1.807, 2.05) is 31.2 Å². The van der Waals surface area contributed by atoms with Gasteiger partial charge in [-0.05, 0) is 30.7 Å². The summed E-state index contributed by atoms with van der Waals surface area (Å²) in [6, 6.07) is 15.1. The third kappa shape index (κ3) is 3.94. The molecule has 3 aromatic rings. The van der Waals surface area contributed by atoms with Crippen molar-refractivity contribution in [3.63, 3.8) is 0 Å². The number of rotatable bonds is 5. The Hall–Kier alpha value is -3.15. The highest BCUT2D eigenvalue weighted by Crippen LogP contribution is 2.16. The Morgan fingerprint density at radius 1 is 1.22 bits per heavy atom. The summed E-state index contributed by atoms with van der Waals surface area (Å²) in [4.78, 5) is 16.0. The Morgan fingerprint density at radius 2 is 2.09 bits per heavy atom. The molecule has 2 aromatic carbocycles. The molecule has 0 unspecified atom stereocenters. The van der Waals surface area contributed by atoms with Crippen LogP contribution >= 0.6 is 0 Å². The van der Waals surface area contributed by atoms with E-state index in [1.54, 1.807) is 18.2 Å². The highest BCUT2D eigenvalue weighted by Gasteiger charge is 2.08. The van der Waals surface area contributed by atoms with Crippen molar-refractivity contribution in [1.82, 2.24) is 15.2 Å². The van der Waals surface area contributed by atoms with Crippen molar-refractivity contribution in [2.45, 2.75) is 13.5 Å². The molecule has 116 valence electrons. The van der Waals surface area contributed by atoms with Crippen LogP contribution in [0.4, 0.5) is 5.95 Å². The Kier molecular flexibility index (Phi) is 4.33. The first-order valence-electron chi connectivity index (χ1n) is 7.16. The summed E-state index contributed by atoms with van der Waals surface area (Å²) in [5.74, 6) is 0.667. The number of carbonyl (C=O) groups excluding carboxylic acids is 1. The molecule has 0 spiro atoms. The van der Waals surface area contributed by atoms with Crippen LogP contribution in [0.1, 0.15) is 21.5 Å². The van der Waals surface area contributed by atoms with Crippen LogP contribution in [0, 0.1) is 6.92 Å². The molecule has 3 rings (SSSR count). The summed E-state index contributed by atoms with van der Waals surface area (Å²) in [6.45, 7) is 2.49. The predicted octanol–water partition coefficient (Wildman–Crippen LogP) is 2.94. The lowest BCUT2D eigenvalue weighted by Crippen LogP contribution is -2.13. The van der Waals surface area contributed by atoms with Gasteiger partial charge in [-0.3, -0.25) is 10.1 Å². The molecule has 0 aliphatic heterocycles. The molecular formula is C17H16N4O2. The number of amides is 1. The van der Waals surface area contributed by atoms with Crippen LogP contribution in [-0.2, 0) is 6.61 Å². The fourth-order valence-electron chi connectivity index (χ4n) is 2.14. The summed E-state index contributed by atoms with van der Waals surface area (Å²) in [5.41, 5.74) is 2.76. The van der Waals surface area contributed by atoms with Crippen molar-refractivity contribution in [2.75, 3.05) is 5.32 Å². The first-order valence-corrected chi connectivity index (χ1v) is 7.16. The van der Waals surface area contributed by atoms with Gasteiger partial charge in [-0.2, -0.15) is 10.1 Å². The van der Waals surface area contributed by atoms with E-state index >= 15 is 0 Å². The maximum Gasteiger partial charge on any atom is 0.258 e. The summed E-state index contributed by atoms with van der Waals surface area (Å²) >= 11 is 0. The van der Waals surface area contributed by atoms with Crippen LogP contribution < -0.4 is 10.1 Å². The first-order chi connectivity index (χ1) is 11.2. The number of H-pyrrole nitrogens is 1. The highest BCUT2D eigenvalue weighted by atomic mass is 16.5. The average Bonchev–Trinajstić information content (AvgIpc) is 3.06. The highest BCUT2D eigenvalue weighted by molar-refractivity contribution is 6.03. The lowest BCUT2D eigenvalue weighted by molar-refractivity contribution is 0.102. The number of aromatic amines is 1. The number of nitrogens with zero attached hydrogens (tertiary/aromatic N) is 2. The van der Waals surface area contributed by atoms with Gasteiger partial charge >= 0.3 is 0 Å². The van der Waals surface area contributed by atoms with E-state index in [1.165, 1.54) is 11.9 Å². The van der Waals surface area contributed by atoms with E-state index in [4.69, 9.17) is 4.74 Å². The molecule has 6 nitrogen and oxygen atoms in total. The van der Waals surface area contributed by atoms with Gasteiger partial charge in [-0.15, -0.1) is 0 Å². The van der Waals surface area contributed by atoms with Crippen LogP contribution in [0.3, 0.4) is 0 Å². The molecule has 0 fully saturated rings. The van der Waals surface area contributed by atoms with E-state index in [9.17, 15) is 4.79 Å². The molecule has 1 heterocycles. The topological polar surface area (TPSA) is 79.9 Å². The Bertz CT molecular complexity index is 800. The zero-order valence-corrected chi connectivity index (χ0v) is 12.6. The number of nitrogens with one attached hydrogen (secondary N) is 2. The van der Waals surface area contributed by atoms with Gasteiger partial charge in [0.1, 0.15) is 18.7 Å². The molecule has 23 heavy (non-hydrogen) atoms. The van der Waals surface area contributed by atoms with Crippen LogP contribution in [0.2, 0.25) is 0 Å². The molecule has 0 saturated heterocycles. The van der Waals surface area contributed by atoms with Gasteiger partial charge in [-0.25, -0.2) is 5.10 Å². The number of hydrogen-bond donors (Lipinski definition) is 2. The molecule has 0 aliphatic carbocycles. The molecule has 0 radical (unpaired) electrons. The fraction of sp³-hybridized carbons (Fsp3) is 0.118. The normalized spacial score (nSPS) is 10.3. The van der Waals surface area contributed by atoms with Crippen LogP contribution in [0.15, 0.2) is 54.9 Å². The zero-order valence-electron chi connectivity index (χ0n) is 12.6. The van der Waals surface area contributed by atoms with Crippen LogP contribution in [0.5, 0.6) is 5.75 Å². The van der Waals surface area contributed by atoms with E-state index in [-0.39, 0.29) is 5.91 Å². The number of anilines is 1. The lowest BCUT2D eigenvalue weighted by Gasteiger charge is -2.08. The zero-order chi connectivity index (χ0) is 16.1. The third-order valence-electron chi connectivity index (χ3n) is 3.23. The minimum atomic E-state index is -0.275. The largest absolute Gasteiger partial charge is 0.489 e. The second-order valence-electron chi connectivity index (χ2n) is 5.09. The van der Waals surface area contributed by atoms with E-state index in [0.29, 0.717) is 23.9 Å². The number of carbonyl (C=O) groups is 1. The van der Waals surface area contributed by atoms with Crippen molar-refractivity contribution in [3.8, 4) is 5.75 Å². The average molecular weight is 308 g/mol. The van der Waals surface area contributed by atoms with Crippen molar-refractivity contribution in [3.05, 3.63) is 71.5 Å². The summed E-state index contributed by atoms with van der Waals surface area (Å²) in [5, 5.41) is 8.88. The smallest absolute Gasteiger partial charge is 0.258 e. The number of aromatic nitrogens is 3. The van der Waals surface area contributed by atoms with Crippen molar-refractivity contribution in [2.24, 2.45) is 0 Å². The van der Waals surface area contributed by atoms with Gasteiger partial charge in [0.25, 0.3) is 5.91 Å². The standard InChI is InChI=1S/C17H16N4O2/c1-12-4-2-5-13(8-12)10-23-15-7-3-6-14(9-15)16(22)20-17-18-11-19-21-17/h2-9,11H,10H2,1H3,(H2,18,19,20,21,22). The van der Waals surface area contributed by atoms with E-state index in [2.05, 4.69) is 26.6 Å². The van der Waals surface area contributed by atoms with Crippen LogP contribution in [-0.4, -0.2) is 21.1 Å². The van der Waals surface area contributed by atoms with Crippen molar-refractivity contribution >= 4 is 11.9 Å². The summed E-state index contributed by atoms with van der Waals surface area (Å²) < 4.78 is 5.76. The maximum atomic E-state index is 12.1. The van der Waals surface area contributed by atoms with Gasteiger partial charge in [0.15, 0.2) is 0 Å². The second kappa shape index (κ2) is 6.74. The van der Waals surface area contributed by atoms with Gasteiger partial charge in [0, 0.05) is 5.56 Å². The molecule has 1 aromatic heterocycles. The molecule has 2 N–H and O–H groups in total. The maximum absolute atomic E-state index is 12.1. The lowest BCUT2D eigenvalue weighted by atomic mass is 10.1. The molecular weight excluding hydrogens is 292 g/mol. The molecule has 0 aliphatic rings. The SMILES string of the molecule is Cc1cccc(COc2cccc(C(=O)Nc3ncn[nH]3)c2)c1. The fourth-order valence-corrected chi connectivity index (χ4v) is 2.14. The number of hydrogen-bond acceptors (Lipinski definition) is 4. The number of aryl methyl sites for hydroxylation is 1. The second-order valence-corrected chi connectivity index (χ2v) is 5.09. The molecule has 0 atom stereocenters. The van der Waals surface area contributed by atoms with Gasteiger partial charge in [-0.1, -0.05) is 35.9 Å². The molecule has 6 heteroatoms. The van der Waals surface area contributed by atoms with Crippen LogP contribution in [0.25, 0.3) is 0 Å². The number of benzene rings is 2. The van der Waals surface area contributed by atoms with Gasteiger partial charge in [0.2, 0.25) is 5.95 Å². The molecule has 0 saturated carbocycles. The minimum absolute atomic E-state index is 0.275. The quantitative estimate of drug-likeness (QED) is 0.759. The molecule has 0 bridgehead atoms. The van der Waals surface area contributed by atoms with Gasteiger partial charge in [0.05, 0.1) is 0 Å². The van der Waals surface area contributed by atoms with E-state index in [0.717, 1.165) is 5.56 Å². The predicted molar refractivity (Wildman–Crippen MR) is 86.3 cm³/mol. The Balaban J connectivity index is 1.66. The molecule has 1 amide bonds. The third-order valence-corrected chi connectivity index (χ3v) is 3.23.